The molecule has 0 aromatic heterocycles. The minimum atomic E-state index is -2.88. The van der Waals surface area contributed by atoms with E-state index in [1.165, 1.54) is 11.8 Å². The van der Waals surface area contributed by atoms with E-state index in [2.05, 4.69) is 24.4 Å². The molecule has 0 amide bonds. The first-order chi connectivity index (χ1) is 8.79. The van der Waals surface area contributed by atoms with E-state index in [0.29, 0.717) is 19.7 Å². The lowest BCUT2D eigenvalue weighted by atomic mass is 10.1. The van der Waals surface area contributed by atoms with Gasteiger partial charge in [-0.05, 0) is 31.9 Å². The number of aryl methyl sites for hydroxylation is 3. The lowest BCUT2D eigenvalue weighted by Gasteiger charge is -2.13. The van der Waals surface area contributed by atoms with Crippen LogP contribution in [0.1, 0.15) is 16.7 Å². The molecule has 0 aliphatic rings. The highest BCUT2D eigenvalue weighted by Crippen LogP contribution is 2.24. The number of sulfone groups is 1. The number of nitrogens with one attached hydrogen (secondary N) is 1. The van der Waals surface area contributed by atoms with Crippen LogP contribution in [0.4, 0.5) is 0 Å². The molecule has 0 aliphatic carbocycles. The zero-order chi connectivity index (χ0) is 14.5. The van der Waals surface area contributed by atoms with Crippen LogP contribution in [-0.4, -0.2) is 40.1 Å². The largest absolute Gasteiger partial charge is 0.492 e. The van der Waals surface area contributed by atoms with E-state index in [9.17, 15) is 8.42 Å². The van der Waals surface area contributed by atoms with E-state index < -0.39 is 9.84 Å². The zero-order valence-corrected chi connectivity index (χ0v) is 12.9. The van der Waals surface area contributed by atoms with E-state index in [1.807, 2.05) is 13.8 Å². The molecule has 0 saturated heterocycles. The Morgan fingerprint density at radius 2 is 1.68 bits per heavy atom. The molecular weight excluding hydrogens is 262 g/mol. The number of hydrogen-bond acceptors (Lipinski definition) is 4. The van der Waals surface area contributed by atoms with Gasteiger partial charge in [-0.25, -0.2) is 8.42 Å². The third-order valence-electron chi connectivity index (χ3n) is 2.78. The Balaban J connectivity index is 2.34. The summed E-state index contributed by atoms with van der Waals surface area (Å²) in [6.45, 7) is 7.78. The summed E-state index contributed by atoms with van der Waals surface area (Å²) in [6, 6.07) is 4.19. The van der Waals surface area contributed by atoms with E-state index in [-0.39, 0.29) is 5.75 Å². The maximum Gasteiger partial charge on any atom is 0.148 e. The fourth-order valence-electron chi connectivity index (χ4n) is 2.00. The number of ether oxygens (including phenoxy) is 1. The van der Waals surface area contributed by atoms with Gasteiger partial charge >= 0.3 is 0 Å². The van der Waals surface area contributed by atoms with Crippen LogP contribution in [0, 0.1) is 20.8 Å². The summed E-state index contributed by atoms with van der Waals surface area (Å²) in [5.41, 5.74) is 3.50. The average molecular weight is 285 g/mol. The second-order valence-corrected chi connectivity index (χ2v) is 7.22. The van der Waals surface area contributed by atoms with Crippen molar-refractivity contribution < 1.29 is 13.2 Å². The quantitative estimate of drug-likeness (QED) is 0.774. The molecule has 0 saturated carbocycles. The van der Waals surface area contributed by atoms with E-state index in [4.69, 9.17) is 4.74 Å². The van der Waals surface area contributed by atoms with Gasteiger partial charge in [-0.3, -0.25) is 0 Å². The molecule has 4 nitrogen and oxygen atoms in total. The predicted octanol–water partition coefficient (Wildman–Crippen LogP) is 1.62. The van der Waals surface area contributed by atoms with E-state index in [1.54, 1.807) is 0 Å². The summed E-state index contributed by atoms with van der Waals surface area (Å²) in [6.07, 6.45) is 1.24. The molecule has 108 valence electrons. The van der Waals surface area contributed by atoms with E-state index >= 15 is 0 Å². The van der Waals surface area contributed by atoms with Gasteiger partial charge in [0.15, 0.2) is 0 Å². The van der Waals surface area contributed by atoms with Gasteiger partial charge in [0.25, 0.3) is 0 Å². The Labute approximate surface area is 116 Å². The van der Waals surface area contributed by atoms with Crippen molar-refractivity contribution in [2.24, 2.45) is 0 Å². The zero-order valence-electron chi connectivity index (χ0n) is 12.1. The van der Waals surface area contributed by atoms with Crippen molar-refractivity contribution in [2.45, 2.75) is 20.8 Å². The molecule has 1 aromatic carbocycles. The fourth-order valence-corrected chi connectivity index (χ4v) is 2.52. The molecule has 0 unspecified atom stereocenters. The molecule has 1 rings (SSSR count). The summed E-state index contributed by atoms with van der Waals surface area (Å²) in [4.78, 5) is 0. The van der Waals surface area contributed by atoms with Crippen LogP contribution in [-0.2, 0) is 9.84 Å². The number of benzene rings is 1. The third kappa shape index (κ3) is 6.07. The smallest absolute Gasteiger partial charge is 0.148 e. The van der Waals surface area contributed by atoms with Crippen LogP contribution >= 0.6 is 0 Å². The lowest BCUT2D eigenvalue weighted by Crippen LogP contribution is -2.26. The Kier molecular flexibility index (Phi) is 5.82. The molecule has 19 heavy (non-hydrogen) atoms. The van der Waals surface area contributed by atoms with Crippen molar-refractivity contribution in [3.8, 4) is 5.75 Å². The van der Waals surface area contributed by atoms with Crippen LogP contribution in [0.25, 0.3) is 0 Å². The minimum absolute atomic E-state index is 0.162. The van der Waals surface area contributed by atoms with E-state index in [0.717, 1.165) is 16.9 Å². The molecule has 0 atom stereocenters. The fraction of sp³-hybridized carbons (Fsp3) is 0.571. The van der Waals surface area contributed by atoms with Crippen LogP contribution in [0.15, 0.2) is 12.1 Å². The summed E-state index contributed by atoms with van der Waals surface area (Å²) < 4.78 is 27.6. The highest BCUT2D eigenvalue weighted by molar-refractivity contribution is 7.90. The predicted molar refractivity (Wildman–Crippen MR) is 78.7 cm³/mol. The Hall–Kier alpha value is -1.07. The highest BCUT2D eigenvalue weighted by Gasteiger charge is 2.05. The first-order valence-electron chi connectivity index (χ1n) is 6.38. The van der Waals surface area contributed by atoms with Crippen LogP contribution in [0.2, 0.25) is 0 Å². The maximum atomic E-state index is 10.9. The summed E-state index contributed by atoms with van der Waals surface area (Å²) in [7, 11) is -2.88. The topological polar surface area (TPSA) is 55.4 Å². The molecule has 0 heterocycles. The van der Waals surface area contributed by atoms with Crippen molar-refractivity contribution >= 4 is 9.84 Å². The molecule has 0 bridgehead atoms. The van der Waals surface area contributed by atoms with Crippen LogP contribution in [0.3, 0.4) is 0 Å². The van der Waals surface area contributed by atoms with Gasteiger partial charge in [-0.15, -0.1) is 0 Å². The average Bonchev–Trinajstić information content (AvgIpc) is 2.24. The van der Waals surface area contributed by atoms with Gasteiger partial charge < -0.3 is 10.1 Å². The Morgan fingerprint density at radius 1 is 1.11 bits per heavy atom. The molecule has 0 radical (unpaired) electrons. The lowest BCUT2D eigenvalue weighted by molar-refractivity contribution is 0.311. The van der Waals surface area contributed by atoms with Gasteiger partial charge in [0.2, 0.25) is 0 Å². The van der Waals surface area contributed by atoms with Crippen molar-refractivity contribution in [2.75, 3.05) is 31.7 Å². The first-order valence-corrected chi connectivity index (χ1v) is 8.45. The standard InChI is InChI=1S/C14H23NO3S/c1-11-9-12(2)14(13(3)10-11)18-7-5-15-6-8-19(4,16)17/h9-10,15H,5-8H2,1-4H3. The third-order valence-corrected chi connectivity index (χ3v) is 3.73. The number of hydrogen-bond donors (Lipinski definition) is 1. The summed E-state index contributed by atoms with van der Waals surface area (Å²) in [5, 5.41) is 3.06. The van der Waals surface area contributed by atoms with Gasteiger partial charge in [-0.1, -0.05) is 17.7 Å². The SMILES string of the molecule is Cc1cc(C)c(OCCNCCS(C)(=O)=O)c(C)c1. The summed E-state index contributed by atoms with van der Waals surface area (Å²) in [5.74, 6) is 1.09. The molecule has 1 N–H and O–H groups in total. The molecule has 1 aromatic rings. The molecule has 0 fully saturated rings. The van der Waals surface area contributed by atoms with Crippen molar-refractivity contribution in [3.63, 3.8) is 0 Å². The van der Waals surface area contributed by atoms with Crippen molar-refractivity contribution in [1.82, 2.24) is 5.32 Å². The Morgan fingerprint density at radius 3 is 2.21 bits per heavy atom. The van der Waals surface area contributed by atoms with Gasteiger partial charge in [0.05, 0.1) is 5.75 Å². The van der Waals surface area contributed by atoms with Crippen molar-refractivity contribution in [3.05, 3.63) is 28.8 Å². The molecule has 5 heteroatoms. The van der Waals surface area contributed by atoms with Gasteiger partial charge in [-0.2, -0.15) is 0 Å². The monoisotopic (exact) mass is 285 g/mol. The molecule has 0 aliphatic heterocycles. The van der Waals surface area contributed by atoms with Crippen LogP contribution < -0.4 is 10.1 Å². The normalized spacial score (nSPS) is 11.6. The second-order valence-electron chi connectivity index (χ2n) is 4.96. The van der Waals surface area contributed by atoms with Gasteiger partial charge in [0.1, 0.15) is 22.2 Å². The molecular formula is C14H23NO3S. The second kappa shape index (κ2) is 6.91. The number of rotatable bonds is 7. The van der Waals surface area contributed by atoms with Crippen molar-refractivity contribution in [1.29, 1.82) is 0 Å². The Bertz CT molecular complexity index is 500. The minimum Gasteiger partial charge on any atom is -0.492 e. The maximum absolute atomic E-state index is 10.9. The first kappa shape index (κ1) is 16.0. The summed E-state index contributed by atoms with van der Waals surface area (Å²) >= 11 is 0. The highest BCUT2D eigenvalue weighted by atomic mass is 32.2. The van der Waals surface area contributed by atoms with Gasteiger partial charge in [0, 0.05) is 19.3 Å². The van der Waals surface area contributed by atoms with Crippen LogP contribution in [0.5, 0.6) is 5.75 Å². The molecule has 0 spiro atoms.